The average molecular weight is 192 g/mol. The number of fused-ring (bicyclic) bond motifs is 1. The third-order valence-electron chi connectivity index (χ3n) is 2.93. The predicted octanol–water partition coefficient (Wildman–Crippen LogP) is 1.69. The Balaban J connectivity index is 2.12. The maximum absolute atomic E-state index is 13.1. The van der Waals surface area contributed by atoms with Crippen LogP contribution < -0.4 is 0 Å². The standard InChI is InChI=1S/C9H14F2O2/c1-5(2)6-3-12-8-7(6)13-4-9(8,10)11/h5-8H,3-4H2,1-2H3/t6-,7+,8-/m0/s1. The smallest absolute Gasteiger partial charge is 0.299 e. The number of alkyl halides is 2. The van der Waals surface area contributed by atoms with Gasteiger partial charge in [-0.3, -0.25) is 0 Å². The fourth-order valence-electron chi connectivity index (χ4n) is 2.06. The van der Waals surface area contributed by atoms with E-state index in [2.05, 4.69) is 0 Å². The molecule has 0 saturated carbocycles. The van der Waals surface area contributed by atoms with Crippen molar-refractivity contribution in [2.45, 2.75) is 32.0 Å². The largest absolute Gasteiger partial charge is 0.369 e. The van der Waals surface area contributed by atoms with Crippen LogP contribution in [0.4, 0.5) is 8.78 Å². The highest BCUT2D eigenvalue weighted by molar-refractivity contribution is 4.99. The maximum Gasteiger partial charge on any atom is 0.299 e. The van der Waals surface area contributed by atoms with Gasteiger partial charge in [0, 0.05) is 5.92 Å². The summed E-state index contributed by atoms with van der Waals surface area (Å²) in [6.07, 6.45) is -1.39. The molecule has 3 atom stereocenters. The highest BCUT2D eigenvalue weighted by Gasteiger charge is 2.58. The van der Waals surface area contributed by atoms with Gasteiger partial charge in [0.15, 0.2) is 0 Å². The topological polar surface area (TPSA) is 18.5 Å². The Morgan fingerprint density at radius 3 is 2.62 bits per heavy atom. The molecule has 0 aromatic heterocycles. The van der Waals surface area contributed by atoms with Gasteiger partial charge in [-0.05, 0) is 5.92 Å². The van der Waals surface area contributed by atoms with Gasteiger partial charge >= 0.3 is 0 Å². The Labute approximate surface area is 76.2 Å². The highest BCUT2D eigenvalue weighted by Crippen LogP contribution is 2.42. The lowest BCUT2D eigenvalue weighted by atomic mass is 9.90. The second kappa shape index (κ2) is 2.89. The molecule has 2 saturated heterocycles. The third kappa shape index (κ3) is 1.36. The molecule has 76 valence electrons. The zero-order valence-corrected chi connectivity index (χ0v) is 7.80. The minimum Gasteiger partial charge on any atom is -0.369 e. The van der Waals surface area contributed by atoms with E-state index in [0.717, 1.165) is 0 Å². The van der Waals surface area contributed by atoms with E-state index in [1.807, 2.05) is 13.8 Å². The van der Waals surface area contributed by atoms with Crippen molar-refractivity contribution in [3.63, 3.8) is 0 Å². The number of ether oxygens (including phenoxy) is 2. The van der Waals surface area contributed by atoms with Gasteiger partial charge in [-0.15, -0.1) is 0 Å². The van der Waals surface area contributed by atoms with Crippen LogP contribution in [0.5, 0.6) is 0 Å². The predicted molar refractivity (Wildman–Crippen MR) is 42.8 cm³/mol. The van der Waals surface area contributed by atoms with Crippen LogP contribution in [0.25, 0.3) is 0 Å². The molecule has 4 heteroatoms. The van der Waals surface area contributed by atoms with E-state index in [0.29, 0.717) is 12.5 Å². The van der Waals surface area contributed by atoms with Crippen LogP contribution in [0.1, 0.15) is 13.8 Å². The molecule has 0 radical (unpaired) electrons. The SMILES string of the molecule is CC(C)[C@@H]1CO[C@H]2[C@@H]1OCC2(F)F. The summed E-state index contributed by atoms with van der Waals surface area (Å²) in [5, 5.41) is 0. The lowest BCUT2D eigenvalue weighted by Crippen LogP contribution is -2.35. The number of rotatable bonds is 1. The van der Waals surface area contributed by atoms with E-state index in [9.17, 15) is 8.78 Å². The molecular weight excluding hydrogens is 178 g/mol. The molecule has 0 aromatic carbocycles. The van der Waals surface area contributed by atoms with Gasteiger partial charge in [-0.25, -0.2) is 8.78 Å². The molecule has 2 heterocycles. The Hall–Kier alpha value is -0.220. The summed E-state index contributed by atoms with van der Waals surface area (Å²) in [4.78, 5) is 0. The summed E-state index contributed by atoms with van der Waals surface area (Å²) in [6, 6.07) is 0. The van der Waals surface area contributed by atoms with Crippen molar-refractivity contribution in [1.29, 1.82) is 0 Å². The summed E-state index contributed by atoms with van der Waals surface area (Å²) in [5.41, 5.74) is 0. The van der Waals surface area contributed by atoms with Crippen LogP contribution in [-0.2, 0) is 9.47 Å². The van der Waals surface area contributed by atoms with Crippen LogP contribution >= 0.6 is 0 Å². The minimum absolute atomic E-state index is 0.123. The maximum atomic E-state index is 13.1. The molecule has 0 spiro atoms. The van der Waals surface area contributed by atoms with E-state index in [1.54, 1.807) is 0 Å². The van der Waals surface area contributed by atoms with Gasteiger partial charge in [0.1, 0.15) is 12.7 Å². The van der Waals surface area contributed by atoms with Crippen LogP contribution in [0.3, 0.4) is 0 Å². The lowest BCUT2D eigenvalue weighted by molar-refractivity contribution is -0.0960. The molecule has 0 aliphatic carbocycles. The molecule has 0 aromatic rings. The first-order valence-electron chi connectivity index (χ1n) is 4.63. The molecule has 2 aliphatic rings. The number of hydrogen-bond acceptors (Lipinski definition) is 2. The molecule has 0 bridgehead atoms. The van der Waals surface area contributed by atoms with Crippen molar-refractivity contribution in [3.8, 4) is 0 Å². The van der Waals surface area contributed by atoms with Crippen molar-refractivity contribution < 1.29 is 18.3 Å². The molecule has 2 rings (SSSR count). The highest BCUT2D eigenvalue weighted by atomic mass is 19.3. The van der Waals surface area contributed by atoms with Crippen LogP contribution in [0.2, 0.25) is 0 Å². The lowest BCUT2D eigenvalue weighted by Gasteiger charge is -2.18. The van der Waals surface area contributed by atoms with E-state index in [4.69, 9.17) is 9.47 Å². The summed E-state index contributed by atoms with van der Waals surface area (Å²) >= 11 is 0. The minimum atomic E-state index is -2.78. The van der Waals surface area contributed by atoms with E-state index in [-0.39, 0.29) is 5.92 Å². The number of hydrogen-bond donors (Lipinski definition) is 0. The molecule has 2 fully saturated rings. The summed E-state index contributed by atoms with van der Waals surface area (Å²) in [5.74, 6) is -2.32. The first kappa shape index (κ1) is 9.34. The van der Waals surface area contributed by atoms with Gasteiger partial charge in [0.2, 0.25) is 0 Å². The second-order valence-electron chi connectivity index (χ2n) is 4.20. The molecule has 0 N–H and O–H groups in total. The third-order valence-corrected chi connectivity index (χ3v) is 2.93. The van der Waals surface area contributed by atoms with Crippen LogP contribution in [0.15, 0.2) is 0 Å². The van der Waals surface area contributed by atoms with Gasteiger partial charge in [-0.1, -0.05) is 13.8 Å². The van der Waals surface area contributed by atoms with Crippen molar-refractivity contribution in [1.82, 2.24) is 0 Å². The van der Waals surface area contributed by atoms with Crippen LogP contribution in [0, 0.1) is 11.8 Å². The fraction of sp³-hybridized carbons (Fsp3) is 1.00. The molecule has 13 heavy (non-hydrogen) atoms. The molecule has 0 unspecified atom stereocenters. The van der Waals surface area contributed by atoms with Crippen molar-refractivity contribution in [2.75, 3.05) is 13.2 Å². The summed E-state index contributed by atoms with van der Waals surface area (Å²) in [7, 11) is 0. The first-order chi connectivity index (χ1) is 6.02. The van der Waals surface area contributed by atoms with E-state index < -0.39 is 24.7 Å². The Morgan fingerprint density at radius 1 is 1.31 bits per heavy atom. The quantitative estimate of drug-likeness (QED) is 0.629. The van der Waals surface area contributed by atoms with Crippen LogP contribution in [-0.4, -0.2) is 31.3 Å². The van der Waals surface area contributed by atoms with Gasteiger partial charge < -0.3 is 9.47 Å². The Morgan fingerprint density at radius 2 is 2.00 bits per heavy atom. The first-order valence-corrected chi connectivity index (χ1v) is 4.63. The molecular formula is C9H14F2O2. The Bertz CT molecular complexity index is 206. The molecule has 2 aliphatic heterocycles. The van der Waals surface area contributed by atoms with Crippen molar-refractivity contribution in [3.05, 3.63) is 0 Å². The summed E-state index contributed by atoms with van der Waals surface area (Å²) in [6.45, 7) is 3.95. The molecule has 0 amide bonds. The zero-order valence-electron chi connectivity index (χ0n) is 7.80. The fourth-order valence-corrected chi connectivity index (χ4v) is 2.06. The number of halogens is 2. The van der Waals surface area contributed by atoms with Crippen molar-refractivity contribution >= 4 is 0 Å². The molecule has 2 nitrogen and oxygen atoms in total. The van der Waals surface area contributed by atoms with Gasteiger partial charge in [-0.2, -0.15) is 0 Å². The second-order valence-corrected chi connectivity index (χ2v) is 4.20. The summed E-state index contributed by atoms with van der Waals surface area (Å²) < 4.78 is 36.4. The normalized spacial score (nSPS) is 42.7. The van der Waals surface area contributed by atoms with Gasteiger partial charge in [0.05, 0.1) is 12.7 Å². The van der Waals surface area contributed by atoms with E-state index in [1.165, 1.54) is 0 Å². The monoisotopic (exact) mass is 192 g/mol. The van der Waals surface area contributed by atoms with E-state index >= 15 is 0 Å². The van der Waals surface area contributed by atoms with Crippen molar-refractivity contribution in [2.24, 2.45) is 11.8 Å². The average Bonchev–Trinajstić information content (AvgIpc) is 2.52. The Kier molecular flexibility index (Phi) is 2.07. The van der Waals surface area contributed by atoms with Gasteiger partial charge in [0.25, 0.3) is 5.92 Å². The zero-order chi connectivity index (χ0) is 9.64.